The number of hydrogen-bond acceptors (Lipinski definition) is 6. The predicted octanol–water partition coefficient (Wildman–Crippen LogP) is 4.48. The molecule has 0 atom stereocenters. The van der Waals surface area contributed by atoms with E-state index in [1.807, 2.05) is 26.0 Å². The van der Waals surface area contributed by atoms with E-state index in [9.17, 15) is 31.2 Å². The highest BCUT2D eigenvalue weighted by Gasteiger charge is 2.32. The smallest absolute Gasteiger partial charge is 0.325 e. The van der Waals surface area contributed by atoms with Crippen LogP contribution in [0.4, 0.5) is 18.9 Å². The summed E-state index contributed by atoms with van der Waals surface area (Å²) in [4.78, 5) is 29.1. The van der Waals surface area contributed by atoms with Gasteiger partial charge in [0.15, 0.2) is 10.1 Å². The topological polar surface area (TPSA) is 109 Å². The maximum absolute atomic E-state index is 12.9. The van der Waals surface area contributed by atoms with Gasteiger partial charge in [-0.25, -0.2) is 13.4 Å². The minimum absolute atomic E-state index is 0.0155. The Morgan fingerprint density at radius 2 is 1.82 bits per heavy atom. The number of halogens is 3. The standard InChI is InChI=1S/C22H20F3N3O4S2/c1-13(2)14-6-8-16(9-7-14)27-19(29)12-33-21-26-11-18(20(30)28-21)34(31,32)17-5-3-4-15(10-17)22(23,24)25/h3-11,13H,12H2,1-2H3,(H,27,29)(H,26,28,30). The molecule has 0 aliphatic rings. The van der Waals surface area contributed by atoms with Gasteiger partial charge < -0.3 is 10.3 Å². The quantitative estimate of drug-likeness (QED) is 0.358. The lowest BCUT2D eigenvalue weighted by atomic mass is 10.0. The second-order valence-corrected chi connectivity index (χ2v) is 10.4. The molecule has 7 nitrogen and oxygen atoms in total. The Bertz CT molecular complexity index is 1350. The second kappa shape index (κ2) is 10.0. The molecule has 34 heavy (non-hydrogen) atoms. The van der Waals surface area contributed by atoms with Crippen molar-refractivity contribution in [3.05, 3.63) is 76.2 Å². The number of rotatable bonds is 7. The van der Waals surface area contributed by atoms with Crippen LogP contribution in [-0.4, -0.2) is 30.0 Å². The average Bonchev–Trinajstić information content (AvgIpc) is 2.77. The zero-order valence-electron chi connectivity index (χ0n) is 18.0. The number of nitrogens with one attached hydrogen (secondary N) is 2. The van der Waals surface area contributed by atoms with E-state index in [2.05, 4.69) is 15.3 Å². The fourth-order valence-electron chi connectivity index (χ4n) is 2.88. The SMILES string of the molecule is CC(C)c1ccc(NC(=O)CSc2ncc(S(=O)(=O)c3cccc(C(F)(F)F)c3)c(=O)[nH]2)cc1. The molecule has 0 bridgehead atoms. The first-order chi connectivity index (χ1) is 15.9. The highest BCUT2D eigenvalue weighted by molar-refractivity contribution is 7.99. The Labute approximate surface area is 197 Å². The number of thioether (sulfide) groups is 1. The number of anilines is 1. The first-order valence-electron chi connectivity index (χ1n) is 9.92. The van der Waals surface area contributed by atoms with E-state index in [-0.39, 0.29) is 16.8 Å². The molecule has 0 saturated heterocycles. The van der Waals surface area contributed by atoms with Crippen molar-refractivity contribution in [1.82, 2.24) is 9.97 Å². The van der Waals surface area contributed by atoms with Crippen LogP contribution in [0.15, 0.2) is 74.5 Å². The maximum Gasteiger partial charge on any atom is 0.416 e. The summed E-state index contributed by atoms with van der Waals surface area (Å²) in [5.74, 6) is -0.136. The Hall–Kier alpha value is -3.12. The van der Waals surface area contributed by atoms with Gasteiger partial charge in [-0.3, -0.25) is 9.59 Å². The summed E-state index contributed by atoms with van der Waals surface area (Å²) >= 11 is 0.869. The number of aromatic amines is 1. The van der Waals surface area contributed by atoms with Gasteiger partial charge in [-0.15, -0.1) is 0 Å². The first kappa shape index (κ1) is 25.5. The van der Waals surface area contributed by atoms with Crippen molar-refractivity contribution in [3.63, 3.8) is 0 Å². The summed E-state index contributed by atoms with van der Waals surface area (Å²) in [7, 11) is -4.55. The fourth-order valence-corrected chi connectivity index (χ4v) is 4.79. The van der Waals surface area contributed by atoms with Gasteiger partial charge in [-0.2, -0.15) is 13.2 Å². The number of sulfone groups is 1. The Balaban J connectivity index is 1.70. The molecule has 2 aromatic carbocycles. The number of H-pyrrole nitrogens is 1. The molecule has 180 valence electrons. The zero-order chi connectivity index (χ0) is 25.1. The highest BCUT2D eigenvalue weighted by atomic mass is 32.2. The van der Waals surface area contributed by atoms with Crippen LogP contribution in [0.3, 0.4) is 0 Å². The van der Waals surface area contributed by atoms with Crippen LogP contribution in [0.2, 0.25) is 0 Å². The third-order valence-electron chi connectivity index (χ3n) is 4.71. The zero-order valence-corrected chi connectivity index (χ0v) is 19.6. The Morgan fingerprint density at radius 1 is 1.15 bits per heavy atom. The molecule has 0 saturated carbocycles. The molecule has 12 heteroatoms. The molecule has 1 aromatic heterocycles. The molecule has 3 rings (SSSR count). The van der Waals surface area contributed by atoms with Crippen molar-refractivity contribution in [2.75, 3.05) is 11.1 Å². The number of hydrogen-bond donors (Lipinski definition) is 2. The van der Waals surface area contributed by atoms with Gasteiger partial charge in [0.05, 0.1) is 22.4 Å². The van der Waals surface area contributed by atoms with E-state index in [0.717, 1.165) is 41.7 Å². The summed E-state index contributed by atoms with van der Waals surface area (Å²) in [6, 6.07) is 10.4. The van der Waals surface area contributed by atoms with Crippen LogP contribution in [0, 0.1) is 0 Å². The third kappa shape index (κ3) is 6.06. The Morgan fingerprint density at radius 3 is 2.41 bits per heavy atom. The maximum atomic E-state index is 12.9. The van der Waals surface area contributed by atoms with Gasteiger partial charge in [-0.05, 0) is 41.8 Å². The minimum Gasteiger partial charge on any atom is -0.325 e. The van der Waals surface area contributed by atoms with Gasteiger partial charge in [0.25, 0.3) is 5.56 Å². The second-order valence-electron chi connectivity index (χ2n) is 7.52. The molecule has 0 aliphatic carbocycles. The number of aromatic nitrogens is 2. The number of benzene rings is 2. The van der Waals surface area contributed by atoms with Crippen molar-refractivity contribution < 1.29 is 26.4 Å². The van der Waals surface area contributed by atoms with Crippen molar-refractivity contribution in [1.29, 1.82) is 0 Å². The largest absolute Gasteiger partial charge is 0.416 e. The van der Waals surface area contributed by atoms with Gasteiger partial charge in [0, 0.05) is 5.69 Å². The number of alkyl halides is 3. The van der Waals surface area contributed by atoms with Crippen LogP contribution >= 0.6 is 11.8 Å². The molecule has 1 heterocycles. The Kier molecular flexibility index (Phi) is 7.51. The lowest BCUT2D eigenvalue weighted by Gasteiger charge is -2.09. The highest BCUT2D eigenvalue weighted by Crippen LogP contribution is 2.31. The van der Waals surface area contributed by atoms with E-state index in [1.165, 1.54) is 0 Å². The van der Waals surface area contributed by atoms with Gasteiger partial charge >= 0.3 is 6.18 Å². The van der Waals surface area contributed by atoms with E-state index in [1.54, 1.807) is 12.1 Å². The van der Waals surface area contributed by atoms with Crippen molar-refractivity contribution in [3.8, 4) is 0 Å². The van der Waals surface area contributed by atoms with Gasteiger partial charge in [0.2, 0.25) is 15.7 Å². The first-order valence-corrected chi connectivity index (χ1v) is 12.4. The molecule has 0 radical (unpaired) electrons. The molecule has 0 aliphatic heterocycles. The molecular formula is C22H20F3N3O4S2. The number of carbonyl (C=O) groups is 1. The van der Waals surface area contributed by atoms with Crippen molar-refractivity contribution in [2.45, 2.75) is 40.9 Å². The van der Waals surface area contributed by atoms with Crippen molar-refractivity contribution in [2.24, 2.45) is 0 Å². The van der Waals surface area contributed by atoms with E-state index >= 15 is 0 Å². The van der Waals surface area contributed by atoms with E-state index in [4.69, 9.17) is 0 Å². The van der Waals surface area contributed by atoms with E-state index < -0.39 is 36.9 Å². The average molecular weight is 512 g/mol. The summed E-state index contributed by atoms with van der Waals surface area (Å²) in [6.07, 6.45) is -3.98. The van der Waals surface area contributed by atoms with Crippen LogP contribution in [0.25, 0.3) is 0 Å². The summed E-state index contributed by atoms with van der Waals surface area (Å²) in [5, 5.41) is 2.68. The van der Waals surface area contributed by atoms with Crippen LogP contribution in [-0.2, 0) is 20.8 Å². The summed E-state index contributed by atoms with van der Waals surface area (Å²) in [6.45, 7) is 4.10. The fraction of sp³-hybridized carbons (Fsp3) is 0.227. The predicted molar refractivity (Wildman–Crippen MR) is 122 cm³/mol. The molecule has 1 amide bonds. The van der Waals surface area contributed by atoms with Crippen LogP contribution in [0.1, 0.15) is 30.9 Å². The number of nitrogens with zero attached hydrogens (tertiary/aromatic N) is 1. The minimum atomic E-state index is -4.74. The number of carbonyl (C=O) groups excluding carboxylic acids is 1. The lowest BCUT2D eigenvalue weighted by Crippen LogP contribution is -2.20. The van der Waals surface area contributed by atoms with Gasteiger partial charge in [-0.1, -0.05) is 43.8 Å². The molecule has 0 unspecified atom stereocenters. The summed E-state index contributed by atoms with van der Waals surface area (Å²) in [5.41, 5.74) is -0.497. The molecular weight excluding hydrogens is 491 g/mol. The lowest BCUT2D eigenvalue weighted by molar-refractivity contribution is -0.137. The molecule has 2 N–H and O–H groups in total. The normalized spacial score (nSPS) is 12.1. The van der Waals surface area contributed by atoms with Gasteiger partial charge in [0.1, 0.15) is 0 Å². The van der Waals surface area contributed by atoms with Crippen LogP contribution in [0.5, 0.6) is 0 Å². The molecule has 0 fully saturated rings. The molecule has 0 spiro atoms. The third-order valence-corrected chi connectivity index (χ3v) is 7.34. The van der Waals surface area contributed by atoms with Crippen molar-refractivity contribution >= 4 is 33.2 Å². The molecule has 3 aromatic rings. The van der Waals surface area contributed by atoms with Crippen LogP contribution < -0.4 is 10.9 Å². The van der Waals surface area contributed by atoms with E-state index in [0.29, 0.717) is 17.7 Å². The summed E-state index contributed by atoms with van der Waals surface area (Å²) < 4.78 is 64.1. The monoisotopic (exact) mass is 511 g/mol. The number of amides is 1.